The van der Waals surface area contributed by atoms with Crippen molar-refractivity contribution in [3.8, 4) is 0 Å². The summed E-state index contributed by atoms with van der Waals surface area (Å²) in [7, 11) is -3.91. The number of amides is 2. The second-order valence-electron chi connectivity index (χ2n) is 9.37. The summed E-state index contributed by atoms with van der Waals surface area (Å²) in [6.45, 7) is 1.66. The summed E-state index contributed by atoms with van der Waals surface area (Å²) in [4.78, 5) is 52.4. The van der Waals surface area contributed by atoms with Crippen molar-refractivity contribution < 1.29 is 32.7 Å². The fourth-order valence-corrected chi connectivity index (χ4v) is 6.01. The number of nitrogens with zero attached hydrogens (tertiary/aromatic N) is 2. The van der Waals surface area contributed by atoms with Crippen LogP contribution in [-0.4, -0.2) is 65.9 Å². The number of rotatable bonds is 12. The van der Waals surface area contributed by atoms with E-state index in [1.165, 1.54) is 19.1 Å². The molecule has 1 aliphatic heterocycles. The van der Waals surface area contributed by atoms with Crippen molar-refractivity contribution in [2.45, 2.75) is 62.4 Å². The van der Waals surface area contributed by atoms with Gasteiger partial charge in [0.15, 0.2) is 0 Å². The number of aliphatic imine (C=N–C) groups is 1. The highest BCUT2D eigenvalue weighted by Gasteiger charge is 2.40. The predicted molar refractivity (Wildman–Crippen MR) is 143 cm³/mol. The highest BCUT2D eigenvalue weighted by molar-refractivity contribution is 7.89. The highest BCUT2D eigenvalue weighted by Crippen LogP contribution is 2.26. The Morgan fingerprint density at radius 2 is 1.69 bits per heavy atom. The number of ketones is 1. The number of hydrogen-bond acceptors (Lipinski definition) is 6. The number of Topliss-reactive ketones (excluding diaryl/α,β-unsaturated/α-hetero) is 1. The lowest BCUT2D eigenvalue weighted by atomic mass is 10.0. The van der Waals surface area contributed by atoms with Crippen LogP contribution in [0.1, 0.15) is 43.7 Å². The average molecular weight is 557 g/mol. The van der Waals surface area contributed by atoms with E-state index in [-0.39, 0.29) is 55.2 Å². The maximum Gasteiger partial charge on any atom is 0.326 e. The topological polar surface area (TPSA) is 176 Å². The van der Waals surface area contributed by atoms with E-state index in [0.29, 0.717) is 17.5 Å². The van der Waals surface area contributed by atoms with Gasteiger partial charge in [-0.05, 0) is 43.0 Å². The molecule has 39 heavy (non-hydrogen) atoms. The van der Waals surface area contributed by atoms with Crippen molar-refractivity contribution in [2.24, 2.45) is 10.7 Å². The maximum atomic E-state index is 13.1. The van der Waals surface area contributed by atoms with Gasteiger partial charge in [-0.1, -0.05) is 42.5 Å². The second kappa shape index (κ2) is 13.3. The molecule has 0 spiro atoms. The third-order valence-electron chi connectivity index (χ3n) is 6.25. The van der Waals surface area contributed by atoms with E-state index in [9.17, 15) is 32.7 Å². The van der Waals surface area contributed by atoms with Crippen LogP contribution in [0, 0.1) is 0 Å². The van der Waals surface area contributed by atoms with Gasteiger partial charge in [0.05, 0.1) is 10.7 Å². The molecule has 208 valence electrons. The van der Waals surface area contributed by atoms with E-state index in [1.54, 1.807) is 42.5 Å². The minimum absolute atomic E-state index is 0.0294. The van der Waals surface area contributed by atoms with Crippen LogP contribution in [-0.2, 0) is 42.0 Å². The molecule has 2 amide bonds. The Morgan fingerprint density at radius 1 is 1.05 bits per heavy atom. The zero-order valence-electron chi connectivity index (χ0n) is 21.6. The van der Waals surface area contributed by atoms with Gasteiger partial charge in [-0.3, -0.25) is 14.4 Å². The monoisotopic (exact) mass is 556 g/mol. The molecule has 0 bridgehead atoms. The molecule has 11 nitrogen and oxygen atoms in total. The smallest absolute Gasteiger partial charge is 0.326 e. The molecule has 4 N–H and O–H groups in total. The molecule has 0 saturated carbocycles. The predicted octanol–water partition coefficient (Wildman–Crippen LogP) is 1.45. The number of aliphatic carboxylic acids is 1. The molecule has 1 heterocycles. The average Bonchev–Trinajstić information content (AvgIpc) is 3.39. The van der Waals surface area contributed by atoms with Gasteiger partial charge < -0.3 is 16.2 Å². The molecular weight excluding hydrogens is 524 g/mol. The van der Waals surface area contributed by atoms with Crippen LogP contribution in [0.5, 0.6) is 0 Å². The van der Waals surface area contributed by atoms with Gasteiger partial charge in [0, 0.05) is 32.2 Å². The number of carboxylic acid groups (broad SMARTS) is 1. The maximum absolute atomic E-state index is 13.1. The highest BCUT2D eigenvalue weighted by atomic mass is 32.2. The zero-order valence-corrected chi connectivity index (χ0v) is 22.4. The Bertz CT molecular complexity index is 1340. The Kier molecular flexibility index (Phi) is 10.1. The van der Waals surface area contributed by atoms with Crippen LogP contribution in [0.2, 0.25) is 0 Å². The fourth-order valence-electron chi connectivity index (χ4n) is 4.33. The summed E-state index contributed by atoms with van der Waals surface area (Å²) in [5.74, 6) is -2.39. The number of carbonyl (C=O) groups excluding carboxylic acids is 3. The lowest BCUT2D eigenvalue weighted by Gasteiger charge is -2.25. The normalized spacial score (nSPS) is 16.9. The first-order valence-electron chi connectivity index (χ1n) is 12.5. The molecule has 0 aromatic heterocycles. The first-order valence-corrected chi connectivity index (χ1v) is 13.9. The molecule has 3 rings (SSSR count). The molecule has 1 aliphatic rings. The van der Waals surface area contributed by atoms with Crippen LogP contribution >= 0.6 is 0 Å². The SMILES string of the molecule is CC(N)=NC(=O)CCC(=O)Cc1ccc(C[C@H](NC(=O)[C@@H]2CCCN2S(=O)(=O)c2ccccc2)C(=O)O)cc1. The van der Waals surface area contributed by atoms with E-state index in [4.69, 9.17) is 5.73 Å². The van der Waals surface area contributed by atoms with Crippen LogP contribution in [0.4, 0.5) is 0 Å². The molecule has 1 saturated heterocycles. The van der Waals surface area contributed by atoms with Crippen molar-refractivity contribution in [3.63, 3.8) is 0 Å². The molecule has 2 aromatic carbocycles. The lowest BCUT2D eigenvalue weighted by Crippen LogP contribution is -2.51. The van der Waals surface area contributed by atoms with Gasteiger partial charge in [-0.15, -0.1) is 0 Å². The summed E-state index contributed by atoms with van der Waals surface area (Å²) < 4.78 is 27.3. The van der Waals surface area contributed by atoms with Crippen LogP contribution in [0.15, 0.2) is 64.5 Å². The standard InChI is InChI=1S/C27H32N4O7S/c1-18(28)29-25(33)14-13-21(32)16-19-9-11-20(12-10-19)17-23(27(35)36)30-26(34)24-8-5-15-31(24)39(37,38)22-6-3-2-4-7-22/h2-4,6-7,9-12,23-24H,5,8,13-17H2,1H3,(H,30,34)(H,35,36)(H2,28,29,33)/t23-,24-/m0/s1. The summed E-state index contributed by atoms with van der Waals surface area (Å²) in [5, 5.41) is 12.2. The fraction of sp³-hybridized carbons (Fsp3) is 0.370. The lowest BCUT2D eigenvalue weighted by molar-refractivity contribution is -0.142. The number of carboxylic acids is 1. The molecule has 2 aromatic rings. The van der Waals surface area contributed by atoms with E-state index >= 15 is 0 Å². The second-order valence-corrected chi connectivity index (χ2v) is 11.3. The zero-order chi connectivity index (χ0) is 28.6. The Balaban J connectivity index is 1.60. The number of amidine groups is 1. The van der Waals surface area contributed by atoms with Crippen molar-refractivity contribution >= 4 is 39.4 Å². The van der Waals surface area contributed by atoms with Crippen molar-refractivity contribution in [3.05, 3.63) is 65.7 Å². The van der Waals surface area contributed by atoms with Crippen molar-refractivity contribution in [1.29, 1.82) is 0 Å². The summed E-state index contributed by atoms with van der Waals surface area (Å²) >= 11 is 0. The van der Waals surface area contributed by atoms with Crippen LogP contribution in [0.3, 0.4) is 0 Å². The molecule has 1 fully saturated rings. The van der Waals surface area contributed by atoms with Crippen molar-refractivity contribution in [2.75, 3.05) is 6.54 Å². The number of nitrogens with two attached hydrogens (primary N) is 1. The number of hydrogen-bond donors (Lipinski definition) is 3. The van der Waals surface area contributed by atoms with Crippen molar-refractivity contribution in [1.82, 2.24) is 9.62 Å². The van der Waals surface area contributed by atoms with Crippen LogP contribution < -0.4 is 11.1 Å². The molecule has 0 aliphatic carbocycles. The summed E-state index contributed by atoms with van der Waals surface area (Å²) in [6.07, 6.45) is 0.843. The quantitative estimate of drug-likeness (QED) is 0.260. The Labute approximate surface area is 227 Å². The van der Waals surface area contributed by atoms with Gasteiger partial charge in [0.25, 0.3) is 0 Å². The van der Waals surface area contributed by atoms with Gasteiger partial charge in [-0.2, -0.15) is 4.31 Å². The van der Waals surface area contributed by atoms with E-state index in [1.807, 2.05) is 0 Å². The molecule has 0 unspecified atom stereocenters. The number of sulfonamides is 1. The largest absolute Gasteiger partial charge is 0.480 e. The van der Waals surface area contributed by atoms with E-state index < -0.39 is 39.9 Å². The van der Waals surface area contributed by atoms with Crippen LogP contribution in [0.25, 0.3) is 0 Å². The third-order valence-corrected chi connectivity index (χ3v) is 8.18. The molecule has 12 heteroatoms. The van der Waals surface area contributed by atoms with Gasteiger partial charge >= 0.3 is 5.97 Å². The molecule has 0 radical (unpaired) electrons. The summed E-state index contributed by atoms with van der Waals surface area (Å²) in [6, 6.07) is 12.2. The first-order chi connectivity index (χ1) is 18.5. The Hall–Kier alpha value is -3.90. The molecule has 2 atom stereocenters. The minimum atomic E-state index is -3.91. The number of benzene rings is 2. The van der Waals surface area contributed by atoms with E-state index in [2.05, 4.69) is 10.3 Å². The van der Waals surface area contributed by atoms with Gasteiger partial charge in [-0.25, -0.2) is 18.2 Å². The number of carbonyl (C=O) groups is 4. The third kappa shape index (κ3) is 8.29. The minimum Gasteiger partial charge on any atom is -0.480 e. The summed E-state index contributed by atoms with van der Waals surface area (Å²) in [5.41, 5.74) is 6.66. The van der Waals surface area contributed by atoms with E-state index in [0.717, 1.165) is 4.31 Å². The molecular formula is C27H32N4O7S. The number of nitrogens with one attached hydrogen (secondary N) is 1. The first kappa shape index (κ1) is 29.7. The van der Waals surface area contributed by atoms with Gasteiger partial charge in [0.1, 0.15) is 17.9 Å². The Morgan fingerprint density at radius 3 is 2.31 bits per heavy atom. The van der Waals surface area contributed by atoms with Gasteiger partial charge in [0.2, 0.25) is 21.8 Å².